The number of carbonyl (C=O) groups is 1. The molecule has 0 spiro atoms. The Kier molecular flexibility index (Phi) is 7.28. The monoisotopic (exact) mass is 497 g/mol. The fourth-order valence-electron chi connectivity index (χ4n) is 3.05. The van der Waals surface area contributed by atoms with Crippen LogP contribution in [0.1, 0.15) is 18.1 Å². The summed E-state index contributed by atoms with van der Waals surface area (Å²) in [4.78, 5) is 16.6. The number of aromatic nitrogens is 1. The molecule has 6 nitrogen and oxygen atoms in total. The van der Waals surface area contributed by atoms with E-state index in [-0.39, 0.29) is 16.5 Å². The molecule has 0 aliphatic heterocycles. The Morgan fingerprint density at radius 2 is 1.73 bits per heavy atom. The van der Waals surface area contributed by atoms with E-state index < -0.39 is 39.4 Å². The molecule has 0 aliphatic carbocycles. The van der Waals surface area contributed by atoms with Crippen molar-refractivity contribution in [3.8, 4) is 0 Å². The van der Waals surface area contributed by atoms with Gasteiger partial charge in [-0.15, -0.1) is 0 Å². The lowest BCUT2D eigenvalue weighted by molar-refractivity contribution is -0.137. The van der Waals surface area contributed by atoms with Gasteiger partial charge in [0.25, 0.3) is 10.0 Å². The number of sulfonamides is 1. The smallest absolute Gasteiger partial charge is 0.350 e. The van der Waals surface area contributed by atoms with Crippen LogP contribution in [0, 0.1) is 0 Å². The second-order valence-electron chi connectivity index (χ2n) is 7.03. The molecule has 3 aromatic rings. The fraction of sp³-hybridized carbons (Fsp3) is 0.182. The molecule has 0 fully saturated rings. The Bertz CT molecular complexity index is 1220. The summed E-state index contributed by atoms with van der Waals surface area (Å²) in [6.07, 6.45) is -1.69. The molecule has 1 unspecified atom stereocenters. The third-order valence-corrected chi connectivity index (χ3v) is 6.98. The van der Waals surface area contributed by atoms with Gasteiger partial charge in [-0.25, -0.2) is 8.42 Å². The van der Waals surface area contributed by atoms with E-state index in [1.807, 2.05) is 0 Å². The molecule has 0 radical (unpaired) electrons. The average Bonchev–Trinajstić information content (AvgIpc) is 2.79. The highest BCUT2D eigenvalue weighted by Gasteiger charge is 2.37. The van der Waals surface area contributed by atoms with Crippen LogP contribution in [0.2, 0.25) is 5.02 Å². The normalized spacial score (nSPS) is 12.8. The van der Waals surface area contributed by atoms with E-state index in [1.165, 1.54) is 43.6 Å². The fourth-order valence-corrected chi connectivity index (χ4v) is 4.96. The summed E-state index contributed by atoms with van der Waals surface area (Å²) < 4.78 is 67.6. The summed E-state index contributed by atoms with van der Waals surface area (Å²) in [5.41, 5.74) is -0.846. The second-order valence-corrected chi connectivity index (χ2v) is 9.25. The molecule has 1 amide bonds. The number of alkyl halides is 3. The summed E-state index contributed by atoms with van der Waals surface area (Å²) in [6.45, 7) is 1.35. The summed E-state index contributed by atoms with van der Waals surface area (Å²) >= 11 is 6.14. The predicted octanol–water partition coefficient (Wildman–Crippen LogP) is 4.65. The van der Waals surface area contributed by atoms with Gasteiger partial charge < -0.3 is 5.32 Å². The Balaban J connectivity index is 2.05. The van der Waals surface area contributed by atoms with Crippen molar-refractivity contribution >= 4 is 33.2 Å². The molecule has 33 heavy (non-hydrogen) atoms. The summed E-state index contributed by atoms with van der Waals surface area (Å²) in [6, 6.07) is 11.3. The number of rotatable bonds is 7. The molecule has 1 aromatic heterocycles. The quantitative estimate of drug-likeness (QED) is 0.515. The average molecular weight is 498 g/mol. The number of pyridine rings is 1. The maximum Gasteiger partial charge on any atom is 0.416 e. The van der Waals surface area contributed by atoms with Crippen molar-refractivity contribution in [1.29, 1.82) is 0 Å². The lowest BCUT2D eigenvalue weighted by Crippen LogP contribution is -2.48. The van der Waals surface area contributed by atoms with Gasteiger partial charge in [-0.1, -0.05) is 29.8 Å². The van der Waals surface area contributed by atoms with Crippen LogP contribution in [0.25, 0.3) is 0 Å². The van der Waals surface area contributed by atoms with E-state index in [4.69, 9.17) is 11.6 Å². The van der Waals surface area contributed by atoms with E-state index >= 15 is 0 Å². The van der Waals surface area contributed by atoms with Gasteiger partial charge in [0.15, 0.2) is 0 Å². The topological polar surface area (TPSA) is 79.4 Å². The van der Waals surface area contributed by atoms with Gasteiger partial charge in [0, 0.05) is 18.9 Å². The van der Waals surface area contributed by atoms with Gasteiger partial charge >= 0.3 is 6.18 Å². The number of amides is 1. The van der Waals surface area contributed by atoms with E-state index in [0.717, 1.165) is 12.1 Å². The Hall–Kier alpha value is -3.11. The maximum absolute atomic E-state index is 13.5. The molecule has 0 saturated heterocycles. The third-order valence-electron chi connectivity index (χ3n) is 4.76. The highest BCUT2D eigenvalue weighted by Crippen LogP contribution is 2.38. The Morgan fingerprint density at radius 1 is 1.09 bits per heavy atom. The zero-order chi connectivity index (χ0) is 24.2. The molecule has 1 atom stereocenters. The zero-order valence-corrected chi connectivity index (χ0v) is 18.8. The van der Waals surface area contributed by atoms with Crippen molar-refractivity contribution in [1.82, 2.24) is 10.3 Å². The first-order chi connectivity index (χ1) is 15.5. The van der Waals surface area contributed by atoms with Gasteiger partial charge in [0.05, 0.1) is 21.2 Å². The number of hydrogen-bond donors (Lipinski definition) is 1. The number of carbonyl (C=O) groups excluding carboxylic acids is 1. The molecule has 2 aromatic carbocycles. The predicted molar refractivity (Wildman–Crippen MR) is 118 cm³/mol. The summed E-state index contributed by atoms with van der Waals surface area (Å²) in [5.74, 6) is -0.722. The Morgan fingerprint density at radius 3 is 2.33 bits per heavy atom. The van der Waals surface area contributed by atoms with Crippen molar-refractivity contribution < 1.29 is 26.4 Å². The minimum absolute atomic E-state index is 0.0707. The van der Waals surface area contributed by atoms with Crippen LogP contribution in [0.3, 0.4) is 0 Å². The largest absolute Gasteiger partial charge is 0.416 e. The van der Waals surface area contributed by atoms with E-state index in [0.29, 0.717) is 15.9 Å². The number of hydrogen-bond acceptors (Lipinski definition) is 4. The first kappa shape index (κ1) is 24.5. The third kappa shape index (κ3) is 5.63. The lowest BCUT2D eigenvalue weighted by Gasteiger charge is -2.31. The Labute approximate surface area is 194 Å². The van der Waals surface area contributed by atoms with Gasteiger partial charge in [0.1, 0.15) is 6.04 Å². The minimum atomic E-state index is -4.74. The zero-order valence-electron chi connectivity index (χ0n) is 17.3. The number of nitrogens with one attached hydrogen (secondary N) is 1. The molecule has 1 N–H and O–H groups in total. The van der Waals surface area contributed by atoms with Gasteiger partial charge in [-0.3, -0.25) is 14.1 Å². The van der Waals surface area contributed by atoms with Crippen molar-refractivity contribution in [3.63, 3.8) is 0 Å². The number of benzene rings is 2. The number of anilines is 1. The van der Waals surface area contributed by atoms with Crippen molar-refractivity contribution in [3.05, 3.63) is 89.2 Å². The highest BCUT2D eigenvalue weighted by atomic mass is 35.5. The van der Waals surface area contributed by atoms with Gasteiger partial charge in [-0.2, -0.15) is 13.2 Å². The second kappa shape index (κ2) is 9.80. The lowest BCUT2D eigenvalue weighted by atomic mass is 10.1. The van der Waals surface area contributed by atoms with E-state index in [2.05, 4.69) is 10.3 Å². The minimum Gasteiger partial charge on any atom is -0.350 e. The first-order valence-electron chi connectivity index (χ1n) is 9.64. The molecule has 3 rings (SSSR count). The van der Waals surface area contributed by atoms with Crippen LogP contribution in [0.5, 0.6) is 0 Å². The standard InChI is InChI=1S/C22H19ClF3N3O3S/c1-15(21(30)28-14-16-9-11-27-12-10-16)29(33(31,32)18-5-3-2-4-6-18)20-13-17(22(24,25)26)7-8-19(20)23/h2-13,15H,14H2,1H3,(H,28,30). The van der Waals surface area contributed by atoms with Gasteiger partial charge in [-0.05, 0) is 55.0 Å². The van der Waals surface area contributed by atoms with Crippen molar-refractivity contribution in [2.45, 2.75) is 30.6 Å². The van der Waals surface area contributed by atoms with E-state index in [9.17, 15) is 26.4 Å². The SMILES string of the molecule is CC(C(=O)NCc1ccncc1)N(c1cc(C(F)(F)F)ccc1Cl)S(=O)(=O)c1ccccc1. The molecule has 0 saturated carbocycles. The summed E-state index contributed by atoms with van der Waals surface area (Å²) in [7, 11) is -4.46. The maximum atomic E-state index is 13.5. The molecule has 11 heteroatoms. The molecular weight excluding hydrogens is 479 g/mol. The van der Waals surface area contributed by atoms with Crippen LogP contribution in [-0.4, -0.2) is 25.4 Å². The van der Waals surface area contributed by atoms with Crippen LogP contribution >= 0.6 is 11.6 Å². The molecule has 0 aliphatic rings. The number of nitrogens with zero attached hydrogens (tertiary/aromatic N) is 2. The van der Waals surface area contributed by atoms with Crippen molar-refractivity contribution in [2.24, 2.45) is 0 Å². The molecule has 174 valence electrons. The van der Waals surface area contributed by atoms with Crippen LogP contribution in [-0.2, 0) is 27.5 Å². The first-order valence-corrected chi connectivity index (χ1v) is 11.5. The molecule has 0 bridgehead atoms. The molecular formula is C22H19ClF3N3O3S. The highest BCUT2D eigenvalue weighted by molar-refractivity contribution is 7.93. The van der Waals surface area contributed by atoms with E-state index in [1.54, 1.807) is 18.2 Å². The molecule has 1 heterocycles. The van der Waals surface area contributed by atoms with Gasteiger partial charge in [0.2, 0.25) is 5.91 Å². The van der Waals surface area contributed by atoms with Crippen LogP contribution in [0.15, 0.2) is 78.0 Å². The van der Waals surface area contributed by atoms with Crippen LogP contribution < -0.4 is 9.62 Å². The number of halogens is 4. The van der Waals surface area contributed by atoms with Crippen LogP contribution in [0.4, 0.5) is 18.9 Å². The van der Waals surface area contributed by atoms with Crippen molar-refractivity contribution in [2.75, 3.05) is 4.31 Å². The summed E-state index contributed by atoms with van der Waals surface area (Å²) in [5, 5.41) is 2.35.